The molecule has 1 saturated heterocycles. The molecule has 20 heavy (non-hydrogen) atoms. The fraction of sp³-hybridized carbons (Fsp3) is 0.667. The summed E-state index contributed by atoms with van der Waals surface area (Å²) in [6, 6.07) is -0.0582. The Bertz CT molecular complexity index is 419. The topological polar surface area (TPSA) is 62.5 Å². The highest BCUT2D eigenvalue weighted by molar-refractivity contribution is 7.13. The van der Waals surface area contributed by atoms with Crippen LogP contribution < -0.4 is 10.6 Å². The van der Waals surface area contributed by atoms with Crippen molar-refractivity contribution >= 4 is 47.2 Å². The van der Waals surface area contributed by atoms with E-state index in [2.05, 4.69) is 15.3 Å². The fourth-order valence-electron chi connectivity index (χ4n) is 2.04. The van der Waals surface area contributed by atoms with Gasteiger partial charge in [-0.3, -0.25) is 4.79 Å². The van der Waals surface area contributed by atoms with Crippen molar-refractivity contribution in [3.63, 3.8) is 0 Å². The zero-order valence-corrected chi connectivity index (χ0v) is 14.2. The van der Waals surface area contributed by atoms with E-state index in [0.717, 1.165) is 37.0 Å². The van der Waals surface area contributed by atoms with Gasteiger partial charge in [0.05, 0.1) is 5.69 Å². The smallest absolute Gasteiger partial charge is 0.224 e. The number of hydrogen-bond acceptors (Lipinski definition) is 5. The summed E-state index contributed by atoms with van der Waals surface area (Å²) in [5.74, 6) is 0.167. The van der Waals surface area contributed by atoms with Gasteiger partial charge in [0.2, 0.25) is 5.91 Å². The lowest BCUT2D eigenvalue weighted by Gasteiger charge is -2.34. The number of aromatic nitrogens is 1. The molecule has 1 amide bonds. The molecule has 5 nitrogen and oxygen atoms in total. The number of piperazine rings is 1. The number of anilines is 1. The summed E-state index contributed by atoms with van der Waals surface area (Å²) in [6.07, 6.45) is 0.441. The Morgan fingerprint density at radius 1 is 1.40 bits per heavy atom. The van der Waals surface area contributed by atoms with Gasteiger partial charge < -0.3 is 15.5 Å². The third-order valence-corrected chi connectivity index (χ3v) is 4.03. The van der Waals surface area contributed by atoms with Crippen LogP contribution in [0.2, 0.25) is 0 Å². The molecule has 8 heteroatoms. The zero-order chi connectivity index (χ0) is 13.1. The molecule has 1 unspecified atom stereocenters. The van der Waals surface area contributed by atoms with Gasteiger partial charge in [0.1, 0.15) is 0 Å². The number of thiazole rings is 1. The van der Waals surface area contributed by atoms with Crippen LogP contribution in [-0.4, -0.2) is 48.0 Å². The highest BCUT2D eigenvalue weighted by Gasteiger charge is 2.22. The van der Waals surface area contributed by atoms with E-state index < -0.39 is 0 Å². The number of carbonyl (C=O) groups excluding carboxylic acids is 1. The van der Waals surface area contributed by atoms with Crippen LogP contribution in [0, 0.1) is 6.92 Å². The number of nitrogens with two attached hydrogens (primary N) is 1. The summed E-state index contributed by atoms with van der Waals surface area (Å²) in [5, 5.41) is 3.12. The standard InChI is InChI=1S/C12H20N4OS.2ClH/c1-9(13)7-11(17)15-3-5-16(6-4-15)12-14-10(2)8-18-12;;/h8-9H,3-7,13H2,1-2H3;2*1H. The molecule has 2 rings (SSSR count). The van der Waals surface area contributed by atoms with E-state index in [4.69, 9.17) is 5.73 Å². The first-order chi connectivity index (χ1) is 8.56. The van der Waals surface area contributed by atoms with Gasteiger partial charge in [-0.1, -0.05) is 0 Å². The van der Waals surface area contributed by atoms with E-state index in [1.807, 2.05) is 18.7 Å². The summed E-state index contributed by atoms with van der Waals surface area (Å²) >= 11 is 1.67. The molecule has 116 valence electrons. The Hall–Kier alpha value is -0.560. The maximum atomic E-state index is 11.9. The third kappa shape index (κ3) is 5.09. The number of hydrogen-bond donors (Lipinski definition) is 1. The number of halogens is 2. The number of amides is 1. The molecule has 1 aliphatic rings. The summed E-state index contributed by atoms with van der Waals surface area (Å²) in [7, 11) is 0. The Morgan fingerprint density at radius 3 is 2.45 bits per heavy atom. The maximum absolute atomic E-state index is 11.9. The van der Waals surface area contributed by atoms with Crippen LogP contribution in [0.25, 0.3) is 0 Å². The first kappa shape index (κ1) is 19.4. The van der Waals surface area contributed by atoms with Crippen molar-refractivity contribution < 1.29 is 4.79 Å². The number of aryl methyl sites for hydroxylation is 1. The Kier molecular flexibility index (Phi) is 8.42. The van der Waals surface area contributed by atoms with Crippen molar-refractivity contribution in [2.45, 2.75) is 26.3 Å². The molecule has 0 aliphatic carbocycles. The minimum Gasteiger partial charge on any atom is -0.345 e. The number of nitrogens with zero attached hydrogens (tertiary/aromatic N) is 3. The number of rotatable bonds is 3. The molecule has 2 heterocycles. The number of carbonyl (C=O) groups is 1. The van der Waals surface area contributed by atoms with Crippen molar-refractivity contribution in [3.8, 4) is 0 Å². The van der Waals surface area contributed by atoms with Gasteiger partial charge >= 0.3 is 0 Å². The van der Waals surface area contributed by atoms with Crippen molar-refractivity contribution in [2.24, 2.45) is 5.73 Å². The average molecular weight is 341 g/mol. The van der Waals surface area contributed by atoms with Gasteiger partial charge in [-0.2, -0.15) is 0 Å². The molecule has 1 atom stereocenters. The molecule has 0 bridgehead atoms. The van der Waals surface area contributed by atoms with Crippen molar-refractivity contribution in [1.82, 2.24) is 9.88 Å². The normalized spacial score (nSPS) is 16.1. The molecule has 0 radical (unpaired) electrons. The molecule has 1 fully saturated rings. The van der Waals surface area contributed by atoms with Crippen molar-refractivity contribution in [2.75, 3.05) is 31.1 Å². The van der Waals surface area contributed by atoms with E-state index in [0.29, 0.717) is 6.42 Å². The molecule has 0 saturated carbocycles. The maximum Gasteiger partial charge on any atom is 0.224 e. The second kappa shape index (κ2) is 8.67. The molecular formula is C12H22Cl2N4OS. The van der Waals surface area contributed by atoms with Gasteiger partial charge in [-0.25, -0.2) is 4.98 Å². The van der Waals surface area contributed by atoms with E-state index >= 15 is 0 Å². The van der Waals surface area contributed by atoms with Crippen LogP contribution in [0.5, 0.6) is 0 Å². The molecule has 0 aromatic carbocycles. The quantitative estimate of drug-likeness (QED) is 0.909. The summed E-state index contributed by atoms with van der Waals surface area (Å²) in [5.41, 5.74) is 6.72. The van der Waals surface area contributed by atoms with Crippen LogP contribution in [0.1, 0.15) is 19.0 Å². The second-order valence-electron chi connectivity index (χ2n) is 4.82. The van der Waals surface area contributed by atoms with Crippen LogP contribution >= 0.6 is 36.2 Å². The molecule has 1 aliphatic heterocycles. The van der Waals surface area contributed by atoms with Crippen LogP contribution in [0.15, 0.2) is 5.38 Å². The third-order valence-electron chi connectivity index (χ3n) is 3.01. The van der Waals surface area contributed by atoms with Crippen LogP contribution in [-0.2, 0) is 4.79 Å². The van der Waals surface area contributed by atoms with Crippen LogP contribution in [0.4, 0.5) is 5.13 Å². The molecule has 1 aromatic rings. The fourth-order valence-corrected chi connectivity index (χ4v) is 2.90. The zero-order valence-electron chi connectivity index (χ0n) is 11.7. The molecule has 1 aromatic heterocycles. The van der Waals surface area contributed by atoms with E-state index in [1.165, 1.54) is 0 Å². The van der Waals surface area contributed by atoms with Gasteiger partial charge in [0.25, 0.3) is 0 Å². The predicted molar refractivity (Wildman–Crippen MR) is 88.4 cm³/mol. The molecule has 0 spiro atoms. The van der Waals surface area contributed by atoms with Gasteiger partial charge in [0.15, 0.2) is 5.13 Å². The highest BCUT2D eigenvalue weighted by atomic mass is 35.5. The average Bonchev–Trinajstić information content (AvgIpc) is 2.75. The molecular weight excluding hydrogens is 319 g/mol. The lowest BCUT2D eigenvalue weighted by molar-refractivity contribution is -0.131. The summed E-state index contributed by atoms with van der Waals surface area (Å²) in [4.78, 5) is 20.5. The van der Waals surface area contributed by atoms with Gasteiger partial charge in [0, 0.05) is 44.0 Å². The van der Waals surface area contributed by atoms with Gasteiger partial charge in [-0.15, -0.1) is 36.2 Å². The first-order valence-electron chi connectivity index (χ1n) is 6.26. The minimum atomic E-state index is -0.0582. The lowest BCUT2D eigenvalue weighted by atomic mass is 10.2. The summed E-state index contributed by atoms with van der Waals surface area (Å²) < 4.78 is 0. The van der Waals surface area contributed by atoms with Gasteiger partial charge in [-0.05, 0) is 13.8 Å². The first-order valence-corrected chi connectivity index (χ1v) is 7.14. The van der Waals surface area contributed by atoms with Crippen molar-refractivity contribution in [1.29, 1.82) is 0 Å². The second-order valence-corrected chi connectivity index (χ2v) is 5.66. The predicted octanol–water partition coefficient (Wildman–Crippen LogP) is 1.68. The lowest BCUT2D eigenvalue weighted by Crippen LogP contribution is -2.49. The molecule has 2 N–H and O–H groups in total. The largest absolute Gasteiger partial charge is 0.345 e. The van der Waals surface area contributed by atoms with Crippen molar-refractivity contribution in [3.05, 3.63) is 11.1 Å². The van der Waals surface area contributed by atoms with E-state index in [9.17, 15) is 4.79 Å². The van der Waals surface area contributed by atoms with Crippen LogP contribution in [0.3, 0.4) is 0 Å². The Labute approximate surface area is 136 Å². The minimum absolute atomic E-state index is 0. The monoisotopic (exact) mass is 340 g/mol. The highest BCUT2D eigenvalue weighted by Crippen LogP contribution is 2.21. The van der Waals surface area contributed by atoms with E-state index in [1.54, 1.807) is 11.3 Å². The Balaban J connectivity index is 0.00000180. The SMILES string of the molecule is Cc1csc(N2CCN(C(=O)CC(C)N)CC2)n1.Cl.Cl. The summed E-state index contributed by atoms with van der Waals surface area (Å²) in [6.45, 7) is 7.12. The Morgan fingerprint density at radius 2 is 2.00 bits per heavy atom. The van der Waals surface area contributed by atoms with E-state index in [-0.39, 0.29) is 36.8 Å².